The van der Waals surface area contributed by atoms with Gasteiger partial charge in [0, 0.05) is 28.4 Å². The van der Waals surface area contributed by atoms with Crippen LogP contribution >= 0.6 is 0 Å². The molecule has 1 aromatic rings. The van der Waals surface area contributed by atoms with Crippen LogP contribution in [0.2, 0.25) is 0 Å². The molecular formula is C12H19NO. The second-order valence-corrected chi connectivity index (χ2v) is 4.67. The van der Waals surface area contributed by atoms with Crippen molar-refractivity contribution in [3.05, 3.63) is 23.0 Å². The second-order valence-electron chi connectivity index (χ2n) is 4.67. The van der Waals surface area contributed by atoms with Gasteiger partial charge in [0.2, 0.25) is 0 Å². The van der Waals surface area contributed by atoms with Crippen LogP contribution in [0.3, 0.4) is 0 Å². The monoisotopic (exact) mass is 193 g/mol. The average Bonchev–Trinajstić information content (AvgIpc) is 2.07. The number of rotatable bonds is 1. The smallest absolute Gasteiger partial charge is 0.125 e. The maximum atomic E-state index is 5.32. The van der Waals surface area contributed by atoms with Crippen LogP contribution in [0, 0.1) is 13.8 Å². The summed E-state index contributed by atoms with van der Waals surface area (Å²) in [5.41, 5.74) is 3.33. The summed E-state index contributed by atoms with van der Waals surface area (Å²) in [6.45, 7) is 10.5. The predicted octanol–water partition coefficient (Wildman–Crippen LogP) is 3.00. The van der Waals surface area contributed by atoms with Gasteiger partial charge in [0.15, 0.2) is 0 Å². The molecule has 0 saturated heterocycles. The first-order chi connectivity index (χ1) is 6.36. The average molecular weight is 193 g/mol. The van der Waals surface area contributed by atoms with Gasteiger partial charge in [0.05, 0.1) is 7.11 Å². The summed E-state index contributed by atoms with van der Waals surface area (Å²) in [5.74, 6) is 0.933. The van der Waals surface area contributed by atoms with Gasteiger partial charge in [-0.05, 0) is 13.8 Å². The van der Waals surface area contributed by atoms with Gasteiger partial charge in [0.25, 0.3) is 0 Å². The lowest BCUT2D eigenvalue weighted by atomic mass is 9.91. The van der Waals surface area contributed by atoms with Gasteiger partial charge in [-0.25, -0.2) is 0 Å². The van der Waals surface area contributed by atoms with E-state index >= 15 is 0 Å². The third-order valence-electron chi connectivity index (χ3n) is 2.46. The molecule has 0 amide bonds. The lowest BCUT2D eigenvalue weighted by Gasteiger charge is -2.20. The highest BCUT2D eigenvalue weighted by atomic mass is 16.5. The molecule has 1 heterocycles. The van der Waals surface area contributed by atoms with Gasteiger partial charge in [-0.2, -0.15) is 0 Å². The molecule has 0 radical (unpaired) electrons. The highest BCUT2D eigenvalue weighted by Gasteiger charge is 2.18. The van der Waals surface area contributed by atoms with E-state index in [9.17, 15) is 0 Å². The molecule has 78 valence electrons. The first kappa shape index (κ1) is 11.0. The van der Waals surface area contributed by atoms with Gasteiger partial charge in [-0.1, -0.05) is 20.8 Å². The second kappa shape index (κ2) is 3.60. The Bertz CT molecular complexity index is 337. The molecule has 0 unspecified atom stereocenters. The summed E-state index contributed by atoms with van der Waals surface area (Å²) in [4.78, 5) is 4.57. The maximum absolute atomic E-state index is 5.32. The summed E-state index contributed by atoms with van der Waals surface area (Å²) in [7, 11) is 1.70. The maximum Gasteiger partial charge on any atom is 0.125 e. The van der Waals surface area contributed by atoms with E-state index in [0.29, 0.717) is 0 Å². The molecule has 2 nitrogen and oxygen atoms in total. The third-order valence-corrected chi connectivity index (χ3v) is 2.46. The van der Waals surface area contributed by atoms with E-state index in [4.69, 9.17) is 4.74 Å². The molecule has 0 fully saturated rings. The minimum Gasteiger partial charge on any atom is -0.496 e. The SMILES string of the molecule is COc1cc(C(C)(C)C)nc(C)c1C. The van der Waals surface area contributed by atoms with Gasteiger partial charge in [-0.15, -0.1) is 0 Å². The standard InChI is InChI=1S/C12H19NO/c1-8-9(2)13-11(12(3,4)5)7-10(8)14-6/h7H,1-6H3. The van der Waals surface area contributed by atoms with Gasteiger partial charge >= 0.3 is 0 Å². The Morgan fingerprint density at radius 1 is 1.21 bits per heavy atom. The first-order valence-corrected chi connectivity index (χ1v) is 4.89. The van der Waals surface area contributed by atoms with Crippen molar-refractivity contribution >= 4 is 0 Å². The van der Waals surface area contributed by atoms with Crippen molar-refractivity contribution in [1.29, 1.82) is 0 Å². The van der Waals surface area contributed by atoms with Crippen LogP contribution in [0.15, 0.2) is 6.07 Å². The largest absolute Gasteiger partial charge is 0.496 e. The van der Waals surface area contributed by atoms with Crippen molar-refractivity contribution in [2.45, 2.75) is 40.0 Å². The van der Waals surface area contributed by atoms with Crippen molar-refractivity contribution in [1.82, 2.24) is 4.98 Å². The van der Waals surface area contributed by atoms with Gasteiger partial charge in [-0.3, -0.25) is 4.98 Å². The number of hydrogen-bond donors (Lipinski definition) is 0. The summed E-state index contributed by atoms with van der Waals surface area (Å²) < 4.78 is 5.32. The fraction of sp³-hybridized carbons (Fsp3) is 0.583. The molecule has 2 heteroatoms. The van der Waals surface area contributed by atoms with Crippen LogP contribution in [0.4, 0.5) is 0 Å². The van der Waals surface area contributed by atoms with E-state index in [1.165, 1.54) is 0 Å². The van der Waals surface area contributed by atoms with Crippen molar-refractivity contribution < 1.29 is 4.74 Å². The van der Waals surface area contributed by atoms with E-state index in [2.05, 4.69) is 25.8 Å². The Kier molecular flexibility index (Phi) is 2.84. The highest BCUT2D eigenvalue weighted by molar-refractivity contribution is 5.38. The zero-order chi connectivity index (χ0) is 10.9. The Hall–Kier alpha value is -1.05. The van der Waals surface area contributed by atoms with Crippen molar-refractivity contribution in [2.75, 3.05) is 7.11 Å². The third kappa shape index (κ3) is 2.06. The molecule has 0 aliphatic rings. The molecule has 14 heavy (non-hydrogen) atoms. The van der Waals surface area contributed by atoms with E-state index in [-0.39, 0.29) is 5.41 Å². The van der Waals surface area contributed by atoms with Gasteiger partial charge in [0.1, 0.15) is 5.75 Å². The molecule has 0 saturated carbocycles. The Morgan fingerprint density at radius 3 is 2.21 bits per heavy atom. The highest BCUT2D eigenvalue weighted by Crippen LogP contribution is 2.27. The molecule has 0 spiro atoms. The predicted molar refractivity (Wildman–Crippen MR) is 59.0 cm³/mol. The van der Waals surface area contributed by atoms with Crippen molar-refractivity contribution in [2.24, 2.45) is 0 Å². The zero-order valence-electron chi connectivity index (χ0n) is 9.93. The van der Waals surface area contributed by atoms with Crippen LogP contribution in [0.25, 0.3) is 0 Å². The lowest BCUT2D eigenvalue weighted by molar-refractivity contribution is 0.407. The van der Waals surface area contributed by atoms with E-state index in [0.717, 1.165) is 22.7 Å². The Balaban J connectivity index is 3.30. The molecule has 0 bridgehead atoms. The minimum atomic E-state index is 0.0751. The number of aromatic nitrogens is 1. The topological polar surface area (TPSA) is 22.1 Å². The fourth-order valence-corrected chi connectivity index (χ4v) is 1.30. The Morgan fingerprint density at radius 2 is 1.79 bits per heavy atom. The van der Waals surface area contributed by atoms with Crippen LogP contribution in [0.1, 0.15) is 37.7 Å². The molecule has 0 aliphatic heterocycles. The van der Waals surface area contributed by atoms with Crippen molar-refractivity contribution in [3.63, 3.8) is 0 Å². The number of hydrogen-bond acceptors (Lipinski definition) is 2. The molecule has 0 atom stereocenters. The molecule has 0 N–H and O–H groups in total. The number of aryl methyl sites for hydroxylation is 1. The number of ether oxygens (including phenoxy) is 1. The molecule has 0 aromatic carbocycles. The zero-order valence-corrected chi connectivity index (χ0v) is 9.93. The molecule has 0 aliphatic carbocycles. The normalized spacial score (nSPS) is 11.6. The van der Waals surface area contributed by atoms with Crippen LogP contribution < -0.4 is 4.74 Å². The summed E-state index contributed by atoms with van der Waals surface area (Å²) in [6.07, 6.45) is 0. The lowest BCUT2D eigenvalue weighted by Crippen LogP contribution is -2.14. The molecule has 1 rings (SSSR count). The van der Waals surface area contributed by atoms with Gasteiger partial charge < -0.3 is 4.74 Å². The Labute approximate surface area is 86.3 Å². The number of methoxy groups -OCH3 is 1. The van der Waals surface area contributed by atoms with Crippen LogP contribution in [-0.2, 0) is 5.41 Å². The quantitative estimate of drug-likeness (QED) is 0.684. The minimum absolute atomic E-state index is 0.0751. The van der Waals surface area contributed by atoms with E-state index < -0.39 is 0 Å². The summed E-state index contributed by atoms with van der Waals surface area (Å²) in [5, 5.41) is 0. The summed E-state index contributed by atoms with van der Waals surface area (Å²) >= 11 is 0. The first-order valence-electron chi connectivity index (χ1n) is 4.89. The number of pyridine rings is 1. The van der Waals surface area contributed by atoms with Crippen molar-refractivity contribution in [3.8, 4) is 5.75 Å². The molecular weight excluding hydrogens is 174 g/mol. The fourth-order valence-electron chi connectivity index (χ4n) is 1.30. The number of nitrogens with zero attached hydrogens (tertiary/aromatic N) is 1. The van der Waals surface area contributed by atoms with Crippen LogP contribution in [-0.4, -0.2) is 12.1 Å². The van der Waals surface area contributed by atoms with Crippen LogP contribution in [0.5, 0.6) is 5.75 Å². The summed E-state index contributed by atoms with van der Waals surface area (Å²) in [6, 6.07) is 2.03. The van der Waals surface area contributed by atoms with E-state index in [1.807, 2.05) is 19.9 Å². The molecule has 1 aromatic heterocycles. The van der Waals surface area contributed by atoms with E-state index in [1.54, 1.807) is 7.11 Å².